The van der Waals surface area contributed by atoms with Gasteiger partial charge in [0, 0.05) is 35.1 Å². The molecule has 0 amide bonds. The smallest absolute Gasteiger partial charge is 0.322 e. The van der Waals surface area contributed by atoms with Gasteiger partial charge in [-0.2, -0.15) is 0 Å². The molecule has 3 rings (SSSR count). The molecule has 0 saturated carbocycles. The van der Waals surface area contributed by atoms with Crippen LogP contribution in [0.1, 0.15) is 5.56 Å². The van der Waals surface area contributed by atoms with Gasteiger partial charge in [-0.3, -0.25) is 9.78 Å². The molecule has 2 heterocycles. The topological polar surface area (TPSA) is 90.1 Å². The van der Waals surface area contributed by atoms with E-state index in [1.807, 2.05) is 36.4 Å². The van der Waals surface area contributed by atoms with Crippen molar-refractivity contribution in [1.29, 1.82) is 0 Å². The number of ether oxygens (including phenoxy) is 1. The number of methoxy groups -OCH3 is 1. The molecule has 0 spiro atoms. The first-order valence-electron chi connectivity index (χ1n) is 7.55. The summed E-state index contributed by atoms with van der Waals surface area (Å²) in [6.45, 7) is 0. The maximum absolute atomic E-state index is 11.4. The van der Waals surface area contributed by atoms with Crippen molar-refractivity contribution in [3.05, 3.63) is 60.6 Å². The van der Waals surface area contributed by atoms with Crippen LogP contribution in [-0.4, -0.2) is 29.1 Å². The van der Waals surface area contributed by atoms with Gasteiger partial charge in [0.25, 0.3) is 0 Å². The van der Waals surface area contributed by atoms with Crippen molar-refractivity contribution in [2.24, 2.45) is 5.73 Å². The van der Waals surface area contributed by atoms with Crippen LogP contribution in [0.5, 0.6) is 0 Å². The summed E-state index contributed by atoms with van der Waals surface area (Å²) < 4.78 is 4.64. The Morgan fingerprint density at radius 1 is 1.21 bits per heavy atom. The molecule has 0 bridgehead atoms. The summed E-state index contributed by atoms with van der Waals surface area (Å²) >= 11 is 0. The number of pyridine rings is 2. The van der Waals surface area contributed by atoms with Gasteiger partial charge in [-0.05, 0) is 36.2 Å². The number of benzene rings is 1. The van der Waals surface area contributed by atoms with Crippen LogP contribution < -0.4 is 11.1 Å². The second-order valence-electron chi connectivity index (χ2n) is 5.41. The summed E-state index contributed by atoms with van der Waals surface area (Å²) in [4.78, 5) is 19.9. The molecule has 1 aromatic carbocycles. The Kier molecular flexibility index (Phi) is 4.67. The van der Waals surface area contributed by atoms with Crippen LogP contribution >= 0.6 is 0 Å². The van der Waals surface area contributed by atoms with Crippen molar-refractivity contribution in [3.63, 3.8) is 0 Å². The fraction of sp³-hybridized carbons (Fsp3) is 0.167. The maximum atomic E-state index is 11.4. The second kappa shape index (κ2) is 7.06. The van der Waals surface area contributed by atoms with E-state index in [9.17, 15) is 4.79 Å². The van der Waals surface area contributed by atoms with E-state index in [0.29, 0.717) is 6.42 Å². The monoisotopic (exact) mass is 322 g/mol. The molecule has 0 aliphatic rings. The van der Waals surface area contributed by atoms with E-state index in [2.05, 4.69) is 20.0 Å². The van der Waals surface area contributed by atoms with Gasteiger partial charge in [0.2, 0.25) is 0 Å². The van der Waals surface area contributed by atoms with E-state index in [4.69, 9.17) is 5.73 Å². The lowest BCUT2D eigenvalue weighted by Gasteiger charge is -2.11. The highest BCUT2D eigenvalue weighted by molar-refractivity contribution is 5.92. The van der Waals surface area contributed by atoms with E-state index in [0.717, 1.165) is 27.8 Å². The number of aromatic nitrogens is 2. The highest BCUT2D eigenvalue weighted by Crippen LogP contribution is 2.23. The fourth-order valence-electron chi connectivity index (χ4n) is 2.47. The van der Waals surface area contributed by atoms with E-state index in [1.54, 1.807) is 18.6 Å². The molecule has 0 radical (unpaired) electrons. The number of hydrogen-bond acceptors (Lipinski definition) is 6. The summed E-state index contributed by atoms with van der Waals surface area (Å²) in [5, 5.41) is 5.33. The molecular weight excluding hydrogens is 304 g/mol. The summed E-state index contributed by atoms with van der Waals surface area (Å²) in [7, 11) is 1.34. The molecule has 0 aliphatic heterocycles. The lowest BCUT2D eigenvalue weighted by atomic mass is 10.1. The largest absolute Gasteiger partial charge is 0.468 e. The molecule has 2 aromatic heterocycles. The normalized spacial score (nSPS) is 11.9. The zero-order chi connectivity index (χ0) is 16.9. The number of nitrogens with zero attached hydrogens (tertiary/aromatic N) is 2. The molecule has 0 fully saturated rings. The zero-order valence-electron chi connectivity index (χ0n) is 13.3. The third-order valence-corrected chi connectivity index (χ3v) is 3.74. The number of anilines is 2. The van der Waals surface area contributed by atoms with Crippen LogP contribution in [0.25, 0.3) is 10.8 Å². The van der Waals surface area contributed by atoms with Gasteiger partial charge < -0.3 is 15.8 Å². The maximum Gasteiger partial charge on any atom is 0.322 e. The number of rotatable bonds is 5. The number of hydrogen-bond donors (Lipinski definition) is 2. The molecule has 0 unspecified atom stereocenters. The first-order valence-corrected chi connectivity index (χ1v) is 7.55. The summed E-state index contributed by atoms with van der Waals surface area (Å²) in [6.07, 6.45) is 5.73. The van der Waals surface area contributed by atoms with Crippen LogP contribution in [0, 0.1) is 0 Å². The Morgan fingerprint density at radius 2 is 2.00 bits per heavy atom. The van der Waals surface area contributed by atoms with Crippen molar-refractivity contribution in [1.82, 2.24) is 9.97 Å². The Labute approximate surface area is 139 Å². The van der Waals surface area contributed by atoms with Gasteiger partial charge in [0.1, 0.15) is 11.9 Å². The minimum absolute atomic E-state index is 0.411. The Morgan fingerprint density at radius 3 is 2.75 bits per heavy atom. The number of esters is 1. The molecule has 122 valence electrons. The summed E-state index contributed by atoms with van der Waals surface area (Å²) in [5.74, 6) is 0.361. The average molecular weight is 322 g/mol. The van der Waals surface area contributed by atoms with Gasteiger partial charge in [0.15, 0.2) is 0 Å². The molecule has 3 aromatic rings. The molecular formula is C18H18N4O2. The summed E-state index contributed by atoms with van der Waals surface area (Å²) in [5.41, 5.74) is 7.65. The van der Waals surface area contributed by atoms with E-state index < -0.39 is 12.0 Å². The SMILES string of the molecule is COC(=O)[C@@H](N)Cc1ccc(Nc2nccc3cnccc23)cc1. The summed E-state index contributed by atoms with van der Waals surface area (Å²) in [6, 6.07) is 10.9. The van der Waals surface area contributed by atoms with Crippen LogP contribution in [0.15, 0.2) is 55.0 Å². The van der Waals surface area contributed by atoms with Crippen LogP contribution in [0.3, 0.4) is 0 Å². The van der Waals surface area contributed by atoms with Crippen molar-refractivity contribution < 1.29 is 9.53 Å². The first-order chi connectivity index (χ1) is 11.7. The predicted octanol–water partition coefficient (Wildman–Crippen LogP) is 2.42. The molecule has 0 aliphatic carbocycles. The van der Waals surface area contributed by atoms with Crippen molar-refractivity contribution in [3.8, 4) is 0 Å². The Bertz CT molecular complexity index is 844. The van der Waals surface area contributed by atoms with Crippen molar-refractivity contribution >= 4 is 28.2 Å². The lowest BCUT2D eigenvalue weighted by molar-refractivity contribution is -0.142. The lowest BCUT2D eigenvalue weighted by Crippen LogP contribution is -2.33. The quantitative estimate of drug-likeness (QED) is 0.701. The van der Waals surface area contributed by atoms with Gasteiger partial charge in [0.05, 0.1) is 7.11 Å². The second-order valence-corrected chi connectivity index (χ2v) is 5.41. The van der Waals surface area contributed by atoms with Crippen LogP contribution in [0.2, 0.25) is 0 Å². The zero-order valence-corrected chi connectivity index (χ0v) is 13.3. The Balaban J connectivity index is 1.75. The van der Waals surface area contributed by atoms with Gasteiger partial charge in [-0.15, -0.1) is 0 Å². The van der Waals surface area contributed by atoms with Gasteiger partial charge >= 0.3 is 5.97 Å². The first kappa shape index (κ1) is 15.9. The number of nitrogens with two attached hydrogens (primary N) is 1. The third kappa shape index (κ3) is 3.49. The molecule has 6 nitrogen and oxygen atoms in total. The minimum Gasteiger partial charge on any atom is -0.468 e. The average Bonchev–Trinajstić information content (AvgIpc) is 2.63. The van der Waals surface area contributed by atoms with Gasteiger partial charge in [-0.25, -0.2) is 4.98 Å². The standard InChI is InChI=1S/C18H18N4O2/c1-24-18(23)16(19)10-12-2-4-14(5-3-12)22-17-15-7-8-20-11-13(15)6-9-21-17/h2-9,11,16H,10,19H2,1H3,(H,21,22)/t16-/m0/s1. The number of fused-ring (bicyclic) bond motifs is 1. The van der Waals surface area contributed by atoms with Crippen molar-refractivity contribution in [2.45, 2.75) is 12.5 Å². The van der Waals surface area contributed by atoms with Crippen LogP contribution in [-0.2, 0) is 16.0 Å². The molecule has 0 saturated heterocycles. The number of carbonyl (C=O) groups is 1. The molecule has 1 atom stereocenters. The third-order valence-electron chi connectivity index (χ3n) is 3.74. The number of nitrogens with one attached hydrogen (secondary N) is 1. The van der Waals surface area contributed by atoms with Gasteiger partial charge in [-0.1, -0.05) is 12.1 Å². The number of carbonyl (C=O) groups excluding carboxylic acids is 1. The fourth-order valence-corrected chi connectivity index (χ4v) is 2.47. The van der Waals surface area contributed by atoms with Crippen molar-refractivity contribution in [2.75, 3.05) is 12.4 Å². The highest BCUT2D eigenvalue weighted by Gasteiger charge is 2.14. The molecule has 6 heteroatoms. The van der Waals surface area contributed by atoms with E-state index >= 15 is 0 Å². The van der Waals surface area contributed by atoms with E-state index in [-0.39, 0.29) is 0 Å². The molecule has 3 N–H and O–H groups in total. The highest BCUT2D eigenvalue weighted by atomic mass is 16.5. The Hall–Kier alpha value is -2.99. The molecule has 24 heavy (non-hydrogen) atoms. The van der Waals surface area contributed by atoms with Crippen LogP contribution in [0.4, 0.5) is 11.5 Å². The minimum atomic E-state index is -0.652. The van der Waals surface area contributed by atoms with E-state index in [1.165, 1.54) is 7.11 Å². The predicted molar refractivity (Wildman–Crippen MR) is 93.0 cm³/mol.